The van der Waals surface area contributed by atoms with Gasteiger partial charge in [-0.15, -0.1) is 0 Å². The maximum atomic E-state index is 5.89. The molecule has 4 nitrogen and oxygen atoms in total. The summed E-state index contributed by atoms with van der Waals surface area (Å²) in [5, 5.41) is 0. The van der Waals surface area contributed by atoms with E-state index in [1.165, 1.54) is 0 Å². The van der Waals surface area contributed by atoms with E-state index in [1.54, 1.807) is 6.20 Å². The van der Waals surface area contributed by atoms with Gasteiger partial charge in [0, 0.05) is 6.54 Å². The molecule has 0 aliphatic rings. The molecule has 102 valence electrons. The Hall–Kier alpha value is -1.33. The number of nitrogens with two attached hydrogens (primary N) is 1. The number of rotatable bonds is 5. The minimum Gasteiger partial charge on any atom is -0.494 e. The molecule has 1 unspecified atom stereocenters. The van der Waals surface area contributed by atoms with E-state index in [0.29, 0.717) is 13.2 Å². The van der Waals surface area contributed by atoms with Crippen molar-refractivity contribution < 1.29 is 4.74 Å². The molecule has 1 heterocycles. The highest BCUT2D eigenvalue weighted by atomic mass is 79.9. The van der Waals surface area contributed by atoms with Gasteiger partial charge in [0.25, 0.3) is 0 Å². The van der Waals surface area contributed by atoms with Gasteiger partial charge < -0.3 is 15.5 Å². The lowest BCUT2D eigenvalue weighted by Crippen LogP contribution is -2.15. The number of aromatic nitrogens is 2. The Bertz CT molecular complexity index is 553. The summed E-state index contributed by atoms with van der Waals surface area (Å²) in [5.74, 6) is 1.86. The quantitative estimate of drug-likeness (QED) is 0.889. The molecule has 0 fully saturated rings. The van der Waals surface area contributed by atoms with Gasteiger partial charge in [-0.2, -0.15) is 0 Å². The molecule has 5 heteroatoms. The molecule has 1 aromatic heterocycles. The molecular weight excluding hydrogens is 306 g/mol. The standard InChI is InChI=1S/C14H18BrN3O/c1-3-19-12-5-4-10(6-9(12)2)11(7-16)14-17-8-13(15)18-14/h4-6,8,11H,3,7,16H2,1-2H3,(H,17,18). The molecule has 1 atom stereocenters. The molecule has 2 aromatic rings. The molecule has 1 aromatic carbocycles. The number of aromatic amines is 1. The van der Waals surface area contributed by atoms with Crippen molar-refractivity contribution in [3.05, 3.63) is 46.0 Å². The van der Waals surface area contributed by atoms with Gasteiger partial charge >= 0.3 is 0 Å². The number of hydrogen-bond acceptors (Lipinski definition) is 3. The third-order valence-electron chi connectivity index (χ3n) is 3.03. The van der Waals surface area contributed by atoms with Gasteiger partial charge in [-0.25, -0.2) is 4.98 Å². The van der Waals surface area contributed by atoms with E-state index in [0.717, 1.165) is 27.3 Å². The fourth-order valence-electron chi connectivity index (χ4n) is 2.10. The molecule has 0 saturated carbocycles. The summed E-state index contributed by atoms with van der Waals surface area (Å²) < 4.78 is 6.42. The van der Waals surface area contributed by atoms with Crippen molar-refractivity contribution >= 4 is 15.9 Å². The summed E-state index contributed by atoms with van der Waals surface area (Å²) >= 11 is 3.37. The fraction of sp³-hybridized carbons (Fsp3) is 0.357. The Kier molecular flexibility index (Phi) is 4.61. The molecule has 3 N–H and O–H groups in total. The van der Waals surface area contributed by atoms with Crippen LogP contribution >= 0.6 is 15.9 Å². The molecule has 19 heavy (non-hydrogen) atoms. The lowest BCUT2D eigenvalue weighted by Gasteiger charge is -2.15. The summed E-state index contributed by atoms with van der Waals surface area (Å²) in [6.45, 7) is 5.20. The lowest BCUT2D eigenvalue weighted by atomic mass is 9.96. The number of nitrogens with zero attached hydrogens (tertiary/aromatic N) is 1. The topological polar surface area (TPSA) is 63.9 Å². The van der Waals surface area contributed by atoms with Crippen LogP contribution in [0.15, 0.2) is 29.0 Å². The minimum absolute atomic E-state index is 0.0701. The molecule has 0 bridgehead atoms. The Morgan fingerprint density at radius 3 is 2.79 bits per heavy atom. The summed E-state index contributed by atoms with van der Waals surface area (Å²) in [5.41, 5.74) is 8.14. The number of nitrogens with one attached hydrogen (secondary N) is 1. The highest BCUT2D eigenvalue weighted by Crippen LogP contribution is 2.27. The molecule has 0 radical (unpaired) electrons. The van der Waals surface area contributed by atoms with Crippen LogP contribution in [-0.4, -0.2) is 23.1 Å². The number of halogens is 1. The van der Waals surface area contributed by atoms with Crippen LogP contribution in [0.4, 0.5) is 0 Å². The first-order valence-corrected chi connectivity index (χ1v) is 7.08. The van der Waals surface area contributed by atoms with Crippen molar-refractivity contribution in [2.45, 2.75) is 19.8 Å². The lowest BCUT2D eigenvalue weighted by molar-refractivity contribution is 0.337. The number of aryl methyl sites for hydroxylation is 1. The van der Waals surface area contributed by atoms with Gasteiger partial charge in [0.1, 0.15) is 16.2 Å². The first-order chi connectivity index (χ1) is 9.15. The molecule has 0 spiro atoms. The second kappa shape index (κ2) is 6.21. The largest absolute Gasteiger partial charge is 0.494 e. The van der Waals surface area contributed by atoms with Crippen LogP contribution in [-0.2, 0) is 0 Å². The number of hydrogen-bond donors (Lipinski definition) is 2. The normalized spacial score (nSPS) is 12.4. The van der Waals surface area contributed by atoms with Crippen LogP contribution in [0.3, 0.4) is 0 Å². The first-order valence-electron chi connectivity index (χ1n) is 6.29. The number of ether oxygens (including phenoxy) is 1. The highest BCUT2D eigenvalue weighted by Gasteiger charge is 2.16. The SMILES string of the molecule is CCOc1ccc(C(CN)c2ncc(Br)[nH]2)cc1C. The maximum absolute atomic E-state index is 5.89. The molecule has 0 aliphatic heterocycles. The van der Waals surface area contributed by atoms with Crippen molar-refractivity contribution in [1.82, 2.24) is 9.97 Å². The summed E-state index contributed by atoms with van der Waals surface area (Å²) in [6, 6.07) is 6.15. The zero-order chi connectivity index (χ0) is 13.8. The second-order valence-electron chi connectivity index (χ2n) is 4.36. The van der Waals surface area contributed by atoms with E-state index in [-0.39, 0.29) is 5.92 Å². The zero-order valence-corrected chi connectivity index (χ0v) is 12.7. The maximum Gasteiger partial charge on any atom is 0.122 e. The third-order valence-corrected chi connectivity index (χ3v) is 3.43. The Balaban J connectivity index is 2.31. The van der Waals surface area contributed by atoms with E-state index in [1.807, 2.05) is 26.0 Å². The van der Waals surface area contributed by atoms with Crippen molar-refractivity contribution in [2.75, 3.05) is 13.2 Å². The van der Waals surface area contributed by atoms with E-state index in [4.69, 9.17) is 10.5 Å². The smallest absolute Gasteiger partial charge is 0.122 e. The average Bonchev–Trinajstić information content (AvgIpc) is 2.80. The summed E-state index contributed by atoms with van der Waals surface area (Å²) in [7, 11) is 0. The van der Waals surface area contributed by atoms with Gasteiger partial charge in [0.2, 0.25) is 0 Å². The first kappa shape index (κ1) is 14.1. The van der Waals surface area contributed by atoms with Crippen molar-refractivity contribution in [2.24, 2.45) is 5.73 Å². The Labute approximate surface area is 121 Å². The second-order valence-corrected chi connectivity index (χ2v) is 5.22. The van der Waals surface area contributed by atoms with Crippen molar-refractivity contribution in [3.8, 4) is 5.75 Å². The van der Waals surface area contributed by atoms with Crippen LogP contribution in [0.5, 0.6) is 5.75 Å². The Morgan fingerprint density at radius 2 is 2.26 bits per heavy atom. The van der Waals surface area contributed by atoms with Gasteiger partial charge in [-0.1, -0.05) is 12.1 Å². The zero-order valence-electron chi connectivity index (χ0n) is 11.1. The third kappa shape index (κ3) is 3.16. The van der Waals surface area contributed by atoms with Gasteiger partial charge in [0.15, 0.2) is 0 Å². The van der Waals surface area contributed by atoms with E-state index in [2.05, 4.69) is 32.0 Å². The van der Waals surface area contributed by atoms with Gasteiger partial charge in [-0.3, -0.25) is 0 Å². The average molecular weight is 324 g/mol. The number of imidazole rings is 1. The summed E-state index contributed by atoms with van der Waals surface area (Å²) in [6.07, 6.45) is 1.75. The molecule has 2 rings (SSSR count). The summed E-state index contributed by atoms with van der Waals surface area (Å²) in [4.78, 5) is 7.52. The predicted octanol–water partition coefficient (Wildman–Crippen LogP) is 2.97. The van der Waals surface area contributed by atoms with E-state index in [9.17, 15) is 0 Å². The minimum atomic E-state index is 0.0701. The van der Waals surface area contributed by atoms with Gasteiger partial charge in [-0.05, 0) is 47.0 Å². The van der Waals surface area contributed by atoms with Crippen molar-refractivity contribution in [3.63, 3.8) is 0 Å². The van der Waals surface area contributed by atoms with Gasteiger partial charge in [0.05, 0.1) is 18.7 Å². The monoisotopic (exact) mass is 323 g/mol. The van der Waals surface area contributed by atoms with Crippen molar-refractivity contribution in [1.29, 1.82) is 0 Å². The van der Waals surface area contributed by atoms with Crippen LogP contribution < -0.4 is 10.5 Å². The van der Waals surface area contributed by atoms with E-state index < -0.39 is 0 Å². The van der Waals surface area contributed by atoms with Crippen LogP contribution in [0, 0.1) is 6.92 Å². The van der Waals surface area contributed by atoms with Crippen LogP contribution in [0.2, 0.25) is 0 Å². The Morgan fingerprint density at radius 1 is 1.47 bits per heavy atom. The molecule has 0 saturated heterocycles. The molecule has 0 aliphatic carbocycles. The number of H-pyrrole nitrogens is 1. The van der Waals surface area contributed by atoms with Crippen LogP contribution in [0.25, 0.3) is 0 Å². The fourth-order valence-corrected chi connectivity index (χ4v) is 2.41. The molecule has 0 amide bonds. The number of benzene rings is 1. The highest BCUT2D eigenvalue weighted by molar-refractivity contribution is 9.10. The predicted molar refractivity (Wildman–Crippen MR) is 79.5 cm³/mol. The van der Waals surface area contributed by atoms with Crippen LogP contribution in [0.1, 0.15) is 29.8 Å². The molecular formula is C14H18BrN3O. The van der Waals surface area contributed by atoms with E-state index >= 15 is 0 Å².